The molecule has 0 aromatic rings. The van der Waals surface area contributed by atoms with E-state index in [1.165, 1.54) is 172 Å². The van der Waals surface area contributed by atoms with Gasteiger partial charge >= 0.3 is 0 Å². The molecule has 0 aliphatic heterocycles. The Balaban J connectivity index is 5.02. The predicted octanol–water partition coefficient (Wildman–Crippen LogP) is 11.1. The number of unbranched alkanes of at least 4 members (excludes halogenated alkanes) is 16. The maximum Gasteiger partial charge on any atom is 0.0815 e. The minimum Gasteiger partial charge on any atom is -0.323 e. The van der Waals surface area contributed by atoms with E-state index >= 15 is 0 Å². The topological polar surface area (TPSA) is 0 Å². The molecular weight excluding hydrogens is 398 g/mol. The number of quaternary nitrogens is 1. The van der Waals surface area contributed by atoms with Crippen LogP contribution in [0.1, 0.15) is 176 Å². The van der Waals surface area contributed by atoms with Gasteiger partial charge in [0.25, 0.3) is 0 Å². The van der Waals surface area contributed by atoms with Crippen LogP contribution < -0.4 is 0 Å². The summed E-state index contributed by atoms with van der Waals surface area (Å²) in [6.07, 6.45) is 31.7. The van der Waals surface area contributed by atoms with Crippen molar-refractivity contribution in [2.75, 3.05) is 26.2 Å². The third kappa shape index (κ3) is 19.9. The Morgan fingerprint density at radius 3 is 1.06 bits per heavy atom. The third-order valence-corrected chi connectivity index (χ3v) is 8.15. The Labute approximate surface area is 212 Å². The van der Waals surface area contributed by atoms with Gasteiger partial charge in [-0.2, -0.15) is 0 Å². The molecule has 1 atom stereocenters. The zero-order valence-electron chi connectivity index (χ0n) is 24.4. The maximum absolute atomic E-state index is 2.47. The second-order valence-corrected chi connectivity index (χ2v) is 11.4. The summed E-state index contributed by atoms with van der Waals surface area (Å²) in [6.45, 7) is 17.7. The highest BCUT2D eigenvalue weighted by atomic mass is 15.3. The Hall–Kier alpha value is -0.0400. The molecule has 0 radical (unpaired) electrons. The van der Waals surface area contributed by atoms with E-state index < -0.39 is 0 Å². The molecule has 0 aliphatic carbocycles. The average molecular weight is 467 g/mol. The van der Waals surface area contributed by atoms with E-state index in [1.54, 1.807) is 0 Å². The van der Waals surface area contributed by atoms with E-state index in [-0.39, 0.29) is 0 Å². The Kier molecular flexibility index (Phi) is 25.0. The molecule has 0 heterocycles. The van der Waals surface area contributed by atoms with E-state index in [4.69, 9.17) is 0 Å². The van der Waals surface area contributed by atoms with E-state index in [0.29, 0.717) is 0 Å². The van der Waals surface area contributed by atoms with Crippen LogP contribution in [0.25, 0.3) is 0 Å². The van der Waals surface area contributed by atoms with E-state index in [1.807, 2.05) is 0 Å². The summed E-state index contributed by atoms with van der Waals surface area (Å²) in [7, 11) is 0. The lowest BCUT2D eigenvalue weighted by Gasteiger charge is -2.42. The maximum atomic E-state index is 2.47. The fourth-order valence-electron chi connectivity index (χ4n) is 5.76. The smallest absolute Gasteiger partial charge is 0.0815 e. The highest BCUT2D eigenvalue weighted by Crippen LogP contribution is 2.24. The second kappa shape index (κ2) is 25.1. The summed E-state index contributed by atoms with van der Waals surface area (Å²) < 4.78 is 1.47. The first kappa shape index (κ1) is 33.0. The van der Waals surface area contributed by atoms with Crippen molar-refractivity contribution < 1.29 is 4.48 Å². The van der Waals surface area contributed by atoms with E-state index in [0.717, 1.165) is 5.92 Å². The van der Waals surface area contributed by atoms with Gasteiger partial charge in [-0.3, -0.25) is 0 Å². The van der Waals surface area contributed by atoms with Crippen molar-refractivity contribution in [2.24, 2.45) is 5.92 Å². The number of rotatable bonds is 27. The molecule has 0 saturated heterocycles. The van der Waals surface area contributed by atoms with Crippen LogP contribution in [0.4, 0.5) is 0 Å². The number of nitrogens with zero attached hydrogens (tertiary/aromatic N) is 1. The van der Waals surface area contributed by atoms with Gasteiger partial charge < -0.3 is 4.48 Å². The molecule has 1 heteroatoms. The monoisotopic (exact) mass is 467 g/mol. The molecule has 200 valence electrons. The molecule has 0 fully saturated rings. The van der Waals surface area contributed by atoms with E-state index in [2.05, 4.69) is 34.6 Å². The fraction of sp³-hybridized carbons (Fsp3) is 1.00. The van der Waals surface area contributed by atoms with Crippen LogP contribution in [-0.4, -0.2) is 30.7 Å². The molecule has 0 rings (SSSR count). The van der Waals surface area contributed by atoms with Gasteiger partial charge in [-0.15, -0.1) is 0 Å². The first-order valence-corrected chi connectivity index (χ1v) is 16.0. The molecule has 0 spiro atoms. The van der Waals surface area contributed by atoms with Crippen molar-refractivity contribution in [1.29, 1.82) is 0 Å². The Morgan fingerprint density at radius 2 is 0.727 bits per heavy atom. The van der Waals surface area contributed by atoms with Gasteiger partial charge in [0.2, 0.25) is 0 Å². The molecule has 1 nitrogen and oxygen atoms in total. The molecule has 0 aromatic carbocycles. The van der Waals surface area contributed by atoms with Gasteiger partial charge in [-0.05, 0) is 51.4 Å². The van der Waals surface area contributed by atoms with Crippen LogP contribution in [0.3, 0.4) is 0 Å². The summed E-state index contributed by atoms with van der Waals surface area (Å²) in [5.74, 6) is 0.949. The SMILES string of the molecule is CCCCCCCC[N+](CCCCCCCC)(CCCCCCCC)CC(CC)CCCC. The van der Waals surface area contributed by atoms with Crippen LogP contribution >= 0.6 is 0 Å². The molecule has 0 saturated carbocycles. The minimum absolute atomic E-state index is 0.949. The lowest BCUT2D eigenvalue weighted by Crippen LogP contribution is -2.52. The molecule has 33 heavy (non-hydrogen) atoms. The summed E-state index contributed by atoms with van der Waals surface area (Å²) in [4.78, 5) is 0. The fourth-order valence-corrected chi connectivity index (χ4v) is 5.76. The first-order valence-electron chi connectivity index (χ1n) is 16.0. The zero-order valence-corrected chi connectivity index (χ0v) is 24.4. The van der Waals surface area contributed by atoms with Crippen LogP contribution in [0.5, 0.6) is 0 Å². The highest BCUT2D eigenvalue weighted by Gasteiger charge is 2.29. The van der Waals surface area contributed by atoms with Gasteiger partial charge in [0.1, 0.15) is 0 Å². The van der Waals surface area contributed by atoms with Crippen LogP contribution in [-0.2, 0) is 0 Å². The summed E-state index contributed by atoms with van der Waals surface area (Å²) >= 11 is 0. The van der Waals surface area contributed by atoms with Crippen molar-refractivity contribution in [1.82, 2.24) is 0 Å². The average Bonchev–Trinajstić information content (AvgIpc) is 2.83. The van der Waals surface area contributed by atoms with Gasteiger partial charge in [0.05, 0.1) is 26.2 Å². The molecular formula is C32H68N+. The first-order chi connectivity index (χ1) is 16.2. The van der Waals surface area contributed by atoms with Crippen molar-refractivity contribution >= 4 is 0 Å². The third-order valence-electron chi connectivity index (χ3n) is 8.15. The summed E-state index contributed by atoms with van der Waals surface area (Å²) in [6, 6.07) is 0. The minimum atomic E-state index is 0.949. The summed E-state index contributed by atoms with van der Waals surface area (Å²) in [5.41, 5.74) is 0. The summed E-state index contributed by atoms with van der Waals surface area (Å²) in [5, 5.41) is 0. The van der Waals surface area contributed by atoms with Crippen LogP contribution in [0, 0.1) is 5.92 Å². The van der Waals surface area contributed by atoms with Gasteiger partial charge in [0.15, 0.2) is 0 Å². The van der Waals surface area contributed by atoms with Crippen LogP contribution in [0.2, 0.25) is 0 Å². The molecule has 0 amide bonds. The largest absolute Gasteiger partial charge is 0.323 e. The molecule has 0 N–H and O–H groups in total. The normalized spacial score (nSPS) is 13.0. The lowest BCUT2D eigenvalue weighted by molar-refractivity contribution is -0.932. The van der Waals surface area contributed by atoms with Crippen molar-refractivity contribution in [2.45, 2.75) is 176 Å². The number of hydrogen-bond acceptors (Lipinski definition) is 0. The van der Waals surface area contributed by atoms with Gasteiger partial charge in [-0.25, -0.2) is 0 Å². The van der Waals surface area contributed by atoms with Crippen molar-refractivity contribution in [3.8, 4) is 0 Å². The van der Waals surface area contributed by atoms with Crippen LogP contribution in [0.15, 0.2) is 0 Å². The Bertz CT molecular complexity index is 323. The van der Waals surface area contributed by atoms with Crippen molar-refractivity contribution in [3.05, 3.63) is 0 Å². The second-order valence-electron chi connectivity index (χ2n) is 11.4. The molecule has 1 unspecified atom stereocenters. The molecule has 0 aliphatic rings. The van der Waals surface area contributed by atoms with E-state index in [9.17, 15) is 0 Å². The van der Waals surface area contributed by atoms with Gasteiger partial charge in [0, 0.05) is 5.92 Å². The van der Waals surface area contributed by atoms with Gasteiger partial charge in [-0.1, -0.05) is 125 Å². The lowest BCUT2D eigenvalue weighted by atomic mass is 9.96. The quantitative estimate of drug-likeness (QED) is 0.0833. The standard InChI is InChI=1S/C32H68N/c1-6-11-15-18-21-24-28-33(29-25-22-19-16-12-7-2,30-26-23-20-17-13-8-3)31-32(10-5)27-14-9-4/h32H,6-31H2,1-5H3/q+1. The Morgan fingerprint density at radius 1 is 0.394 bits per heavy atom. The predicted molar refractivity (Wildman–Crippen MR) is 153 cm³/mol. The zero-order chi connectivity index (χ0) is 24.5. The highest BCUT2D eigenvalue weighted by molar-refractivity contribution is 4.61. The number of hydrogen-bond donors (Lipinski definition) is 0. The van der Waals surface area contributed by atoms with Crippen molar-refractivity contribution in [3.63, 3.8) is 0 Å². The molecule has 0 aromatic heterocycles. The molecule has 0 bridgehead atoms.